The van der Waals surface area contributed by atoms with Crippen molar-refractivity contribution in [2.24, 2.45) is 0 Å². The van der Waals surface area contributed by atoms with E-state index in [0.717, 1.165) is 11.1 Å². The van der Waals surface area contributed by atoms with Crippen molar-refractivity contribution in [3.8, 4) is 0 Å². The van der Waals surface area contributed by atoms with E-state index in [4.69, 9.17) is 9.47 Å². The van der Waals surface area contributed by atoms with Gasteiger partial charge < -0.3 is 9.47 Å². The Morgan fingerprint density at radius 2 is 1.56 bits per heavy atom. The van der Waals surface area contributed by atoms with E-state index in [1.165, 1.54) is 14.0 Å². The highest BCUT2D eigenvalue weighted by atomic mass is 16.5. The van der Waals surface area contributed by atoms with E-state index in [0.29, 0.717) is 29.1 Å². The Bertz CT molecular complexity index is 908. The zero-order valence-electron chi connectivity index (χ0n) is 15.7. The predicted molar refractivity (Wildman–Crippen MR) is 103 cm³/mol. The maximum atomic E-state index is 12.7. The van der Waals surface area contributed by atoms with Gasteiger partial charge in [0.1, 0.15) is 11.5 Å². The van der Waals surface area contributed by atoms with Crippen molar-refractivity contribution in [3.63, 3.8) is 0 Å². The first-order valence-corrected chi connectivity index (χ1v) is 8.82. The van der Waals surface area contributed by atoms with Crippen molar-refractivity contribution in [3.05, 3.63) is 94.5 Å². The van der Waals surface area contributed by atoms with Crippen LogP contribution in [-0.4, -0.2) is 18.9 Å². The van der Waals surface area contributed by atoms with Gasteiger partial charge in [-0.2, -0.15) is 0 Å². The molecule has 0 saturated carbocycles. The van der Waals surface area contributed by atoms with Gasteiger partial charge in [-0.3, -0.25) is 4.79 Å². The number of ether oxygens (including phenoxy) is 2. The molecule has 1 aliphatic heterocycles. The lowest BCUT2D eigenvalue weighted by molar-refractivity contribution is -0.136. The van der Waals surface area contributed by atoms with Gasteiger partial charge in [0.2, 0.25) is 0 Å². The van der Waals surface area contributed by atoms with Gasteiger partial charge in [-0.25, -0.2) is 4.79 Å². The van der Waals surface area contributed by atoms with E-state index in [2.05, 4.69) is 0 Å². The molecule has 4 nitrogen and oxygen atoms in total. The van der Waals surface area contributed by atoms with Crippen LogP contribution in [0.5, 0.6) is 0 Å². The quantitative estimate of drug-likeness (QED) is 0.743. The number of ketones is 1. The molecule has 0 saturated heterocycles. The van der Waals surface area contributed by atoms with Gasteiger partial charge in [0.25, 0.3) is 0 Å². The average molecular weight is 362 g/mol. The van der Waals surface area contributed by atoms with Crippen molar-refractivity contribution in [1.29, 1.82) is 0 Å². The summed E-state index contributed by atoms with van der Waals surface area (Å²) in [6, 6.07) is 19.3. The Morgan fingerprint density at radius 1 is 0.963 bits per heavy atom. The number of hydrogen-bond donors (Lipinski definition) is 0. The molecular formula is C23H22O4. The topological polar surface area (TPSA) is 52.6 Å². The molecule has 1 unspecified atom stereocenters. The number of hydrogen-bond acceptors (Lipinski definition) is 4. The number of Topliss-reactive ketones (excluding diaryl/α,β-unsaturated/α-hetero) is 1. The molecule has 1 atom stereocenters. The fraction of sp³-hybridized carbons (Fsp3) is 0.217. The van der Waals surface area contributed by atoms with E-state index in [1.54, 1.807) is 6.92 Å². The monoisotopic (exact) mass is 362 g/mol. The van der Waals surface area contributed by atoms with Crippen LogP contribution >= 0.6 is 0 Å². The van der Waals surface area contributed by atoms with Crippen LogP contribution in [0.4, 0.5) is 0 Å². The maximum absolute atomic E-state index is 12.7. The van der Waals surface area contributed by atoms with Crippen molar-refractivity contribution < 1.29 is 19.1 Å². The number of allylic oxidation sites excluding steroid dienone is 3. The molecular weight excluding hydrogens is 340 g/mol. The largest absolute Gasteiger partial charge is 0.466 e. The molecule has 0 aromatic heterocycles. The molecule has 0 spiro atoms. The van der Waals surface area contributed by atoms with Gasteiger partial charge in [0.05, 0.1) is 18.6 Å². The SMILES string of the molecule is COC(=O)C1=C(Cc2ccccc2)OC(C)=C(C(C)=O)C1c1ccccc1. The third kappa shape index (κ3) is 3.85. The van der Waals surface area contributed by atoms with Gasteiger partial charge in [0, 0.05) is 12.0 Å². The summed E-state index contributed by atoms with van der Waals surface area (Å²) in [6.07, 6.45) is 0.442. The summed E-state index contributed by atoms with van der Waals surface area (Å²) in [6.45, 7) is 3.26. The summed E-state index contributed by atoms with van der Waals surface area (Å²) >= 11 is 0. The van der Waals surface area contributed by atoms with E-state index < -0.39 is 11.9 Å². The lowest BCUT2D eigenvalue weighted by Crippen LogP contribution is -2.26. The third-order valence-electron chi connectivity index (χ3n) is 4.66. The van der Waals surface area contributed by atoms with Crippen LogP contribution in [0.1, 0.15) is 30.9 Å². The highest BCUT2D eigenvalue weighted by molar-refractivity contribution is 6.01. The molecule has 0 N–H and O–H groups in total. The number of rotatable bonds is 5. The molecule has 0 amide bonds. The molecule has 27 heavy (non-hydrogen) atoms. The van der Waals surface area contributed by atoms with Crippen LogP contribution in [0.25, 0.3) is 0 Å². The molecule has 1 aliphatic rings. The van der Waals surface area contributed by atoms with E-state index in [-0.39, 0.29) is 5.78 Å². The first kappa shape index (κ1) is 18.6. The molecule has 0 fully saturated rings. The first-order valence-electron chi connectivity index (χ1n) is 8.82. The zero-order valence-corrected chi connectivity index (χ0v) is 15.7. The highest BCUT2D eigenvalue weighted by Gasteiger charge is 2.38. The molecule has 3 rings (SSSR count). The Hall–Kier alpha value is -3.14. The predicted octanol–water partition coefficient (Wildman–Crippen LogP) is 4.33. The highest BCUT2D eigenvalue weighted by Crippen LogP contribution is 2.42. The van der Waals surface area contributed by atoms with E-state index in [9.17, 15) is 9.59 Å². The van der Waals surface area contributed by atoms with Gasteiger partial charge in [-0.15, -0.1) is 0 Å². The van der Waals surface area contributed by atoms with Crippen LogP contribution < -0.4 is 0 Å². The van der Waals surface area contributed by atoms with Crippen LogP contribution in [0.2, 0.25) is 0 Å². The summed E-state index contributed by atoms with van der Waals surface area (Å²) in [5, 5.41) is 0. The van der Waals surface area contributed by atoms with Crippen molar-refractivity contribution in [2.45, 2.75) is 26.2 Å². The second-order valence-corrected chi connectivity index (χ2v) is 6.46. The molecule has 2 aromatic rings. The van der Waals surface area contributed by atoms with E-state index >= 15 is 0 Å². The molecule has 1 heterocycles. The molecule has 0 bridgehead atoms. The number of carbonyl (C=O) groups is 2. The zero-order chi connectivity index (χ0) is 19.4. The first-order chi connectivity index (χ1) is 13.0. The summed E-state index contributed by atoms with van der Waals surface area (Å²) < 4.78 is 11.1. The second kappa shape index (κ2) is 8.04. The molecule has 4 heteroatoms. The minimum Gasteiger partial charge on any atom is -0.466 e. The average Bonchev–Trinajstić information content (AvgIpc) is 2.68. The normalized spacial score (nSPS) is 16.8. The van der Waals surface area contributed by atoms with Crippen LogP contribution in [0.3, 0.4) is 0 Å². The number of carbonyl (C=O) groups excluding carboxylic acids is 2. The Morgan fingerprint density at radius 3 is 2.11 bits per heavy atom. The molecule has 0 radical (unpaired) electrons. The Kier molecular flexibility index (Phi) is 5.55. The summed E-state index contributed by atoms with van der Waals surface area (Å²) in [7, 11) is 1.34. The molecule has 2 aromatic carbocycles. The maximum Gasteiger partial charge on any atom is 0.338 e. The summed E-state index contributed by atoms with van der Waals surface area (Å²) in [5.41, 5.74) is 2.73. The van der Waals surface area contributed by atoms with Gasteiger partial charge in [-0.05, 0) is 25.0 Å². The summed E-state index contributed by atoms with van der Waals surface area (Å²) in [4.78, 5) is 25.1. The van der Waals surface area contributed by atoms with Crippen LogP contribution in [0, 0.1) is 0 Å². The number of methoxy groups -OCH3 is 1. The van der Waals surface area contributed by atoms with Gasteiger partial charge in [-0.1, -0.05) is 60.7 Å². The minimum absolute atomic E-state index is 0.124. The number of benzene rings is 2. The van der Waals surface area contributed by atoms with Crippen molar-refractivity contribution in [1.82, 2.24) is 0 Å². The smallest absolute Gasteiger partial charge is 0.338 e. The fourth-order valence-electron chi connectivity index (χ4n) is 3.49. The lowest BCUT2D eigenvalue weighted by Gasteiger charge is -2.30. The standard InChI is InChI=1S/C23H22O4/c1-15(24)20-16(2)27-19(14-17-10-6-4-7-11-17)22(23(25)26-3)21(20)18-12-8-5-9-13-18/h4-13,21H,14H2,1-3H3. The Labute approximate surface area is 159 Å². The van der Waals surface area contributed by atoms with E-state index in [1.807, 2.05) is 60.7 Å². The van der Waals surface area contributed by atoms with Gasteiger partial charge >= 0.3 is 5.97 Å². The summed E-state index contributed by atoms with van der Waals surface area (Å²) in [5.74, 6) is -0.0782. The fourth-order valence-corrected chi connectivity index (χ4v) is 3.49. The Balaban J connectivity index is 2.19. The molecule has 138 valence electrons. The van der Waals surface area contributed by atoms with Crippen molar-refractivity contribution >= 4 is 11.8 Å². The number of esters is 1. The third-order valence-corrected chi connectivity index (χ3v) is 4.66. The molecule has 0 aliphatic carbocycles. The van der Waals surface area contributed by atoms with Crippen molar-refractivity contribution in [2.75, 3.05) is 7.11 Å². The van der Waals surface area contributed by atoms with Crippen LogP contribution in [-0.2, 0) is 25.5 Å². The van der Waals surface area contributed by atoms with Gasteiger partial charge in [0.15, 0.2) is 5.78 Å². The second-order valence-electron chi connectivity index (χ2n) is 6.46. The lowest BCUT2D eigenvalue weighted by atomic mass is 9.79. The van der Waals surface area contributed by atoms with Crippen LogP contribution in [0.15, 0.2) is 83.3 Å². The minimum atomic E-state index is -0.511.